The van der Waals surface area contributed by atoms with Gasteiger partial charge in [-0.2, -0.15) is 0 Å². The number of allylic oxidation sites excluding steroid dienone is 1. The van der Waals surface area contributed by atoms with Crippen LogP contribution < -0.4 is 5.32 Å². The van der Waals surface area contributed by atoms with Crippen LogP contribution >= 0.6 is 0 Å². The van der Waals surface area contributed by atoms with E-state index in [0.717, 1.165) is 25.8 Å². The van der Waals surface area contributed by atoms with Gasteiger partial charge in [-0.05, 0) is 55.5 Å². The van der Waals surface area contributed by atoms with Crippen molar-refractivity contribution in [3.05, 3.63) is 83.6 Å². The zero-order valence-electron chi connectivity index (χ0n) is 12.9. The summed E-state index contributed by atoms with van der Waals surface area (Å²) >= 11 is 0. The van der Waals surface area contributed by atoms with Gasteiger partial charge < -0.3 is 5.32 Å². The van der Waals surface area contributed by atoms with E-state index in [4.69, 9.17) is 0 Å². The van der Waals surface area contributed by atoms with Crippen molar-refractivity contribution in [3.63, 3.8) is 0 Å². The van der Waals surface area contributed by atoms with Crippen molar-refractivity contribution >= 4 is 0 Å². The maximum atomic E-state index is 3.27. The van der Waals surface area contributed by atoms with E-state index in [9.17, 15) is 0 Å². The minimum atomic E-state index is 1.04. The molecule has 0 bridgehead atoms. The minimum absolute atomic E-state index is 1.04. The number of hydrogen-bond acceptors (Lipinski definition) is 1. The molecule has 1 heteroatoms. The van der Waals surface area contributed by atoms with Gasteiger partial charge in [0.05, 0.1) is 0 Å². The molecule has 0 atom stereocenters. The molecule has 0 fully saturated rings. The maximum absolute atomic E-state index is 3.27. The summed E-state index contributed by atoms with van der Waals surface area (Å²) in [5.41, 5.74) is 4.27. The first-order valence-electron chi connectivity index (χ1n) is 7.85. The maximum Gasteiger partial charge on any atom is 0.0144 e. The number of hydrogen-bond donors (Lipinski definition) is 1. The topological polar surface area (TPSA) is 12.0 Å². The number of benzene rings is 2. The van der Waals surface area contributed by atoms with Gasteiger partial charge in [0, 0.05) is 6.54 Å². The first-order chi connectivity index (χ1) is 10.4. The second-order valence-corrected chi connectivity index (χ2v) is 5.36. The van der Waals surface area contributed by atoms with Crippen molar-refractivity contribution in [2.45, 2.75) is 32.6 Å². The molecule has 0 aromatic heterocycles. The summed E-state index contributed by atoms with van der Waals surface area (Å²) in [5, 5.41) is 3.27. The largest absolute Gasteiger partial charge is 0.391 e. The molecule has 2 aromatic carbocycles. The van der Waals surface area contributed by atoms with Crippen LogP contribution in [-0.4, -0.2) is 6.54 Å². The summed E-state index contributed by atoms with van der Waals surface area (Å²) in [7, 11) is 0. The number of rotatable bonds is 8. The highest BCUT2D eigenvalue weighted by Crippen LogP contribution is 2.10. The Hall–Kier alpha value is -2.02. The van der Waals surface area contributed by atoms with Crippen molar-refractivity contribution in [1.29, 1.82) is 0 Å². The van der Waals surface area contributed by atoms with Crippen LogP contribution in [0.1, 0.15) is 30.0 Å². The third-order valence-electron chi connectivity index (χ3n) is 3.64. The van der Waals surface area contributed by atoms with Crippen LogP contribution in [0, 0.1) is 0 Å². The van der Waals surface area contributed by atoms with Gasteiger partial charge in [0.15, 0.2) is 0 Å². The second-order valence-electron chi connectivity index (χ2n) is 5.36. The van der Waals surface area contributed by atoms with E-state index in [2.05, 4.69) is 59.9 Å². The molecule has 2 aromatic rings. The van der Waals surface area contributed by atoms with Gasteiger partial charge in [0.25, 0.3) is 0 Å². The van der Waals surface area contributed by atoms with Gasteiger partial charge in [-0.3, -0.25) is 0 Å². The van der Waals surface area contributed by atoms with Gasteiger partial charge >= 0.3 is 0 Å². The van der Waals surface area contributed by atoms with Crippen molar-refractivity contribution in [2.24, 2.45) is 0 Å². The molecule has 0 spiro atoms. The summed E-state index contributed by atoms with van der Waals surface area (Å²) in [6.07, 6.45) is 8.59. The second kappa shape index (κ2) is 9.02. The molecular weight excluding hydrogens is 254 g/mol. The summed E-state index contributed by atoms with van der Waals surface area (Å²) in [6, 6.07) is 19.8. The Labute approximate surface area is 128 Å². The zero-order chi connectivity index (χ0) is 14.8. The lowest BCUT2D eigenvalue weighted by molar-refractivity contribution is 0.751. The lowest BCUT2D eigenvalue weighted by Gasteiger charge is -2.05. The molecule has 0 unspecified atom stereocenters. The Bertz CT molecular complexity index is 526. The fourth-order valence-corrected chi connectivity index (χ4v) is 2.40. The number of nitrogens with one attached hydrogen (secondary N) is 1. The lowest BCUT2D eigenvalue weighted by Crippen LogP contribution is -2.07. The van der Waals surface area contributed by atoms with Gasteiger partial charge in [-0.15, -0.1) is 0 Å². The van der Waals surface area contributed by atoms with E-state index in [-0.39, 0.29) is 0 Å². The van der Waals surface area contributed by atoms with E-state index < -0.39 is 0 Å². The highest BCUT2D eigenvalue weighted by atomic mass is 14.8. The SMILES string of the molecule is CC=CNCCCc1ccc(CCc2ccccc2)cc1. The monoisotopic (exact) mass is 279 g/mol. The Kier molecular flexibility index (Phi) is 6.60. The van der Waals surface area contributed by atoms with E-state index in [1.807, 2.05) is 19.2 Å². The average Bonchev–Trinajstić information content (AvgIpc) is 2.55. The van der Waals surface area contributed by atoms with Crippen LogP contribution in [0.15, 0.2) is 66.9 Å². The molecule has 0 radical (unpaired) electrons. The standard InChI is InChI=1S/C20H25N/c1-2-16-21-17-6-9-19-11-14-20(15-12-19)13-10-18-7-4-3-5-8-18/h2-5,7-8,11-12,14-16,21H,6,9-10,13,17H2,1H3. The normalized spacial score (nSPS) is 10.9. The Morgan fingerprint density at radius 3 is 1.95 bits per heavy atom. The van der Waals surface area contributed by atoms with Crippen LogP contribution in [0.4, 0.5) is 0 Å². The summed E-state index contributed by atoms with van der Waals surface area (Å²) < 4.78 is 0. The van der Waals surface area contributed by atoms with Crippen LogP contribution in [0.3, 0.4) is 0 Å². The van der Waals surface area contributed by atoms with Crippen LogP contribution in [-0.2, 0) is 19.3 Å². The predicted octanol–water partition coefficient (Wildman–Crippen LogP) is 4.53. The zero-order valence-corrected chi connectivity index (χ0v) is 12.9. The van der Waals surface area contributed by atoms with E-state index >= 15 is 0 Å². The molecule has 0 heterocycles. The lowest BCUT2D eigenvalue weighted by atomic mass is 10.0. The minimum Gasteiger partial charge on any atom is -0.391 e. The summed E-state index contributed by atoms with van der Waals surface area (Å²) in [4.78, 5) is 0. The van der Waals surface area contributed by atoms with E-state index in [1.54, 1.807) is 0 Å². The molecule has 1 nitrogen and oxygen atoms in total. The first kappa shape index (κ1) is 15.4. The van der Waals surface area contributed by atoms with E-state index in [1.165, 1.54) is 23.1 Å². The van der Waals surface area contributed by atoms with Gasteiger partial charge in [0.1, 0.15) is 0 Å². The highest BCUT2D eigenvalue weighted by molar-refractivity contribution is 5.24. The van der Waals surface area contributed by atoms with Gasteiger partial charge in [-0.1, -0.05) is 60.7 Å². The third-order valence-corrected chi connectivity index (χ3v) is 3.64. The van der Waals surface area contributed by atoms with Crippen molar-refractivity contribution in [1.82, 2.24) is 5.32 Å². The molecule has 0 amide bonds. The molecule has 0 saturated carbocycles. The predicted molar refractivity (Wildman–Crippen MR) is 91.4 cm³/mol. The molecule has 110 valence electrons. The van der Waals surface area contributed by atoms with Crippen LogP contribution in [0.5, 0.6) is 0 Å². The molecule has 0 saturated heterocycles. The Balaban J connectivity index is 1.74. The molecule has 0 aliphatic carbocycles. The summed E-state index contributed by atoms with van der Waals surface area (Å²) in [6.45, 7) is 3.07. The molecule has 2 rings (SSSR count). The smallest absolute Gasteiger partial charge is 0.0144 e. The average molecular weight is 279 g/mol. The Morgan fingerprint density at radius 2 is 1.33 bits per heavy atom. The first-order valence-corrected chi connectivity index (χ1v) is 7.85. The molecular formula is C20H25N. The van der Waals surface area contributed by atoms with Crippen molar-refractivity contribution in [2.75, 3.05) is 6.54 Å². The fraction of sp³-hybridized carbons (Fsp3) is 0.300. The third kappa shape index (κ3) is 5.86. The molecule has 0 aliphatic heterocycles. The fourth-order valence-electron chi connectivity index (χ4n) is 2.40. The van der Waals surface area contributed by atoms with Gasteiger partial charge in [-0.25, -0.2) is 0 Å². The van der Waals surface area contributed by atoms with Crippen molar-refractivity contribution in [3.8, 4) is 0 Å². The van der Waals surface area contributed by atoms with Gasteiger partial charge in [0.2, 0.25) is 0 Å². The Morgan fingerprint density at radius 1 is 0.762 bits per heavy atom. The molecule has 1 N–H and O–H groups in total. The highest BCUT2D eigenvalue weighted by Gasteiger charge is 1.97. The summed E-state index contributed by atoms with van der Waals surface area (Å²) in [5.74, 6) is 0. The number of aryl methyl sites for hydroxylation is 3. The quantitative estimate of drug-likeness (QED) is 0.700. The van der Waals surface area contributed by atoms with Crippen LogP contribution in [0.25, 0.3) is 0 Å². The molecule has 0 aliphatic rings. The molecule has 21 heavy (non-hydrogen) atoms. The van der Waals surface area contributed by atoms with Crippen molar-refractivity contribution < 1.29 is 0 Å². The van der Waals surface area contributed by atoms with Crippen LogP contribution in [0.2, 0.25) is 0 Å². The van der Waals surface area contributed by atoms with E-state index in [0.29, 0.717) is 0 Å².